The molecule has 0 aliphatic carbocycles. The molecule has 9 nitrogen and oxygen atoms in total. The predicted octanol–water partition coefficient (Wildman–Crippen LogP) is 36.5. The lowest BCUT2D eigenvalue weighted by Crippen LogP contribution is -2.01. The Balaban J connectivity index is 0.000000116. The summed E-state index contributed by atoms with van der Waals surface area (Å²) in [4.78, 5) is 46.0. The molecule has 27 rings (SSSR count). The van der Waals surface area contributed by atoms with Crippen LogP contribution in [0.15, 0.2) is 564 Å². The highest BCUT2D eigenvalue weighted by Gasteiger charge is 2.24. The molecule has 24 aromatic carbocycles. The Hall–Kier alpha value is -20.1. The third-order valence-electron chi connectivity index (χ3n) is 28.0. The van der Waals surface area contributed by atoms with E-state index < -0.39 is 0 Å². The first kappa shape index (κ1) is 91.1. The lowest BCUT2D eigenvalue weighted by atomic mass is 9.91. The average molecular weight is 1910 g/mol. The molecule has 3 aromatic heterocycles. The lowest BCUT2D eigenvalue weighted by Gasteiger charge is -2.15. The van der Waals surface area contributed by atoms with Crippen LogP contribution in [-0.4, -0.2) is 44.9 Å². The smallest absolute Gasteiger partial charge is 0.164 e. The van der Waals surface area contributed by atoms with Crippen LogP contribution in [0.2, 0.25) is 0 Å². The minimum absolute atomic E-state index is 0.637. The number of rotatable bonds is 18. The summed E-state index contributed by atoms with van der Waals surface area (Å²) in [6, 6.07) is 198. The molecule has 0 spiro atoms. The molecule has 0 unspecified atom stereocenters. The van der Waals surface area contributed by atoms with E-state index in [0.717, 1.165) is 121 Å². The summed E-state index contributed by atoms with van der Waals surface area (Å²) in [5.74, 6) is 5.78. The molecular weight excluding hydrogens is 1820 g/mol. The summed E-state index contributed by atoms with van der Waals surface area (Å²) in [5, 5.41) is 14.0. The molecule has 0 atom stereocenters. The molecule has 0 amide bonds. The van der Waals surface area contributed by atoms with Crippen molar-refractivity contribution in [3.8, 4) is 203 Å². The largest absolute Gasteiger partial charge is 0.208 e. The van der Waals surface area contributed by atoms with E-state index in [9.17, 15) is 0 Å². The molecular formula is C141H93N9. The van der Waals surface area contributed by atoms with Gasteiger partial charge in [-0.05, 0) is 184 Å². The van der Waals surface area contributed by atoms with Gasteiger partial charge in [-0.2, -0.15) is 0 Å². The molecule has 3 heterocycles. The van der Waals surface area contributed by atoms with E-state index in [1.54, 1.807) is 0 Å². The van der Waals surface area contributed by atoms with Crippen molar-refractivity contribution in [1.29, 1.82) is 0 Å². The van der Waals surface area contributed by atoms with Crippen molar-refractivity contribution in [2.75, 3.05) is 0 Å². The third-order valence-corrected chi connectivity index (χ3v) is 28.0. The highest BCUT2D eigenvalue weighted by atomic mass is 15.1. The zero-order valence-corrected chi connectivity index (χ0v) is 81.7. The molecule has 0 saturated carbocycles. The fourth-order valence-electron chi connectivity index (χ4n) is 20.3. The second kappa shape index (κ2) is 41.3. The van der Waals surface area contributed by atoms with E-state index in [1.807, 2.05) is 78.9 Å². The first-order chi connectivity index (χ1) is 74.3. The maximum Gasteiger partial charge on any atom is 0.164 e. The van der Waals surface area contributed by atoms with E-state index >= 15 is 0 Å². The van der Waals surface area contributed by atoms with Gasteiger partial charge in [0.1, 0.15) is 0 Å². The SMILES string of the molecule is c1ccc(-c2ccc(-c3cc(-c4nc(-c5ccccc5)nc(-c5ccc(-c6ccccc6)cc5)n4)c4c(ccc5ccccc54)c3)cc2)cc1.c1ccc(-c2ccc(-c3ccc4ccc5cccc(-c6nc(-c7ccccc7)nc(-c7ccc(-c8ccccc8)cc7)n6)c5c4c3)cc2)cc1.c1ccc(-c2ccc(-c3nc(-c4ccccc4)nc(-c4cc(-c5ccc(-c6ccccc6)cc5)c5ccc6ccccc6c5c4)n3)cc2)cc1. The second-order valence-electron chi connectivity index (χ2n) is 37.4. The number of hydrogen-bond acceptors (Lipinski definition) is 9. The van der Waals surface area contributed by atoms with Gasteiger partial charge in [0.25, 0.3) is 0 Å². The van der Waals surface area contributed by atoms with Gasteiger partial charge in [-0.15, -0.1) is 0 Å². The van der Waals surface area contributed by atoms with E-state index in [2.05, 4.69) is 485 Å². The van der Waals surface area contributed by atoms with Crippen LogP contribution in [0, 0.1) is 0 Å². The highest BCUT2D eigenvalue weighted by Crippen LogP contribution is 2.45. The Morgan fingerprint density at radius 3 is 0.700 bits per heavy atom. The van der Waals surface area contributed by atoms with Crippen LogP contribution < -0.4 is 0 Å². The van der Waals surface area contributed by atoms with Gasteiger partial charge in [-0.25, -0.2) is 44.9 Å². The zero-order chi connectivity index (χ0) is 99.8. The average Bonchev–Trinajstić information content (AvgIpc) is 0.752. The van der Waals surface area contributed by atoms with Crippen LogP contribution in [0.4, 0.5) is 0 Å². The summed E-state index contributed by atoms with van der Waals surface area (Å²) < 4.78 is 0. The predicted molar refractivity (Wildman–Crippen MR) is 622 cm³/mol. The zero-order valence-electron chi connectivity index (χ0n) is 81.7. The Morgan fingerprint density at radius 2 is 0.313 bits per heavy atom. The maximum atomic E-state index is 5.23. The summed E-state index contributed by atoms with van der Waals surface area (Å²) >= 11 is 0. The van der Waals surface area contributed by atoms with Gasteiger partial charge >= 0.3 is 0 Å². The van der Waals surface area contributed by atoms with Gasteiger partial charge in [-0.3, -0.25) is 0 Å². The van der Waals surface area contributed by atoms with Crippen LogP contribution in [0.1, 0.15) is 0 Å². The molecule has 9 heteroatoms. The Labute approximate surface area is 870 Å². The Morgan fingerprint density at radius 1 is 0.0867 bits per heavy atom. The summed E-state index contributed by atoms with van der Waals surface area (Å²) in [6.07, 6.45) is 0. The van der Waals surface area contributed by atoms with Crippen LogP contribution in [0.3, 0.4) is 0 Å². The molecule has 0 saturated heterocycles. The first-order valence-corrected chi connectivity index (χ1v) is 50.6. The van der Waals surface area contributed by atoms with Gasteiger partial charge in [0.05, 0.1) is 0 Å². The second-order valence-corrected chi connectivity index (χ2v) is 37.4. The molecule has 0 aliphatic heterocycles. The molecule has 0 bridgehead atoms. The van der Waals surface area contributed by atoms with Crippen LogP contribution >= 0.6 is 0 Å². The van der Waals surface area contributed by atoms with Crippen molar-refractivity contribution in [3.05, 3.63) is 564 Å². The minimum Gasteiger partial charge on any atom is -0.208 e. The monoisotopic (exact) mass is 1910 g/mol. The summed E-state index contributed by atoms with van der Waals surface area (Å²) in [5.41, 5.74) is 29.6. The quantitative estimate of drug-likeness (QED) is 0.0774. The number of benzene rings is 24. The molecule has 0 aliphatic rings. The third kappa shape index (κ3) is 19.1. The Bertz CT molecular complexity index is 9560. The van der Waals surface area contributed by atoms with E-state index in [-0.39, 0.29) is 0 Å². The van der Waals surface area contributed by atoms with Gasteiger partial charge in [-0.1, -0.05) is 534 Å². The van der Waals surface area contributed by atoms with E-state index in [4.69, 9.17) is 44.9 Å². The maximum absolute atomic E-state index is 5.23. The van der Waals surface area contributed by atoms with Crippen LogP contribution in [-0.2, 0) is 0 Å². The van der Waals surface area contributed by atoms with E-state index in [1.165, 1.54) is 93.5 Å². The van der Waals surface area contributed by atoms with Crippen molar-refractivity contribution in [2.24, 2.45) is 0 Å². The van der Waals surface area contributed by atoms with Crippen molar-refractivity contribution in [2.45, 2.75) is 0 Å². The number of aromatic nitrogens is 9. The first-order valence-electron chi connectivity index (χ1n) is 50.6. The van der Waals surface area contributed by atoms with E-state index in [0.29, 0.717) is 52.4 Å². The van der Waals surface area contributed by atoms with Crippen molar-refractivity contribution < 1.29 is 0 Å². The number of nitrogens with zero attached hydrogens (tertiary/aromatic N) is 9. The molecule has 0 fully saturated rings. The molecule has 702 valence electrons. The summed E-state index contributed by atoms with van der Waals surface area (Å²) in [7, 11) is 0. The molecule has 0 radical (unpaired) electrons. The molecule has 27 aromatic rings. The van der Waals surface area contributed by atoms with Crippen LogP contribution in [0.25, 0.3) is 267 Å². The highest BCUT2D eigenvalue weighted by molar-refractivity contribution is 6.17. The fraction of sp³-hybridized carbons (Fsp3) is 0. The Kier molecular flexibility index (Phi) is 25.1. The van der Waals surface area contributed by atoms with Gasteiger partial charge in [0, 0.05) is 60.8 Å². The number of hydrogen-bond donors (Lipinski definition) is 0. The van der Waals surface area contributed by atoms with Gasteiger partial charge in [0.15, 0.2) is 52.4 Å². The van der Waals surface area contributed by atoms with Crippen molar-refractivity contribution in [1.82, 2.24) is 44.9 Å². The normalized spacial score (nSPS) is 11.2. The topological polar surface area (TPSA) is 116 Å². The fourth-order valence-corrected chi connectivity index (χ4v) is 20.3. The summed E-state index contributed by atoms with van der Waals surface area (Å²) in [6.45, 7) is 0. The molecule has 150 heavy (non-hydrogen) atoms. The van der Waals surface area contributed by atoms with Crippen molar-refractivity contribution in [3.63, 3.8) is 0 Å². The van der Waals surface area contributed by atoms with Crippen molar-refractivity contribution >= 4 is 64.6 Å². The standard InChI is InChI=1S/3C47H31N3/c1-4-12-32(13-5-1)34-20-24-37(25-21-34)43-30-40(31-44-41-19-11-10-16-36(41)28-29-42(43)44)47-49-45(38-17-8-3-9-18-38)48-46(50-47)39-26-22-35(23-27-39)33-14-6-2-7-15-33;1-4-12-32(13-5-1)34-20-22-36(23-21-34)41-30-40-29-26-37-16-10-11-19-42(37)44(40)43(31-41)47-49-45(38-17-8-3-9-18-38)48-46(50-47)39-27-24-35(25-28-39)33-14-6-2-7-15-33;1-4-11-32(12-5-1)34-19-21-36(22-20-34)41-30-26-37-25-27-38-17-10-18-42(44(38)43(37)31-41)47-49-45(39-15-8-3-9-16-39)48-46(50-47)40-28-23-35(24-29-40)33-13-6-2-7-14-33/h3*1-31H. The van der Waals surface area contributed by atoms with Crippen LogP contribution in [0.5, 0.6) is 0 Å². The minimum atomic E-state index is 0.637. The molecule has 0 N–H and O–H groups in total. The van der Waals surface area contributed by atoms with Gasteiger partial charge < -0.3 is 0 Å². The lowest BCUT2D eigenvalue weighted by molar-refractivity contribution is 1.07. The number of fused-ring (bicyclic) bond motifs is 9. The van der Waals surface area contributed by atoms with Gasteiger partial charge in [0.2, 0.25) is 0 Å².